The van der Waals surface area contributed by atoms with Crippen LogP contribution in [0.1, 0.15) is 36.7 Å². The number of aromatic amines is 3. The number of likely N-dealkylation sites (tertiary alicyclic amines) is 1. The molecule has 1 fully saturated rings. The third-order valence-electron chi connectivity index (χ3n) is 6.14. The number of carbonyl (C=O) groups is 1. The third-order valence-corrected chi connectivity index (χ3v) is 6.14. The molecule has 1 aliphatic rings. The Labute approximate surface area is 177 Å². The minimum Gasteiger partial charge on any atom is -0.358 e. The van der Waals surface area contributed by atoms with Gasteiger partial charge in [-0.3, -0.25) is 19.1 Å². The van der Waals surface area contributed by atoms with E-state index in [0.717, 1.165) is 24.9 Å². The first-order valence-electron chi connectivity index (χ1n) is 10.5. The zero-order chi connectivity index (χ0) is 21.5. The average Bonchev–Trinajstić information content (AvgIpc) is 3.41. The monoisotopic (exact) mass is 420 g/mol. The van der Waals surface area contributed by atoms with Crippen LogP contribution in [0.25, 0.3) is 22.1 Å². The van der Waals surface area contributed by atoms with E-state index in [1.165, 1.54) is 15.6 Å². The van der Waals surface area contributed by atoms with Crippen molar-refractivity contribution in [3.8, 4) is 0 Å². The lowest BCUT2D eigenvalue weighted by Gasteiger charge is -2.32. The van der Waals surface area contributed by atoms with E-state index in [9.17, 15) is 14.4 Å². The standard InChI is InChI=1S/C22H24N6O3/c1-27-20-19(21(30)26-22(27)31)24-17(25-20)8-9-18(29)28-10-4-6-14(12-28)16-11-13-5-2-3-7-15(13)23-16/h2-3,5,7,11,14,23H,4,6,8-10,12H2,1H3,(H,24,25)(H,26,30,31). The largest absolute Gasteiger partial charge is 0.358 e. The van der Waals surface area contributed by atoms with Crippen molar-refractivity contribution < 1.29 is 4.79 Å². The summed E-state index contributed by atoms with van der Waals surface area (Å²) >= 11 is 0. The van der Waals surface area contributed by atoms with Crippen LogP contribution in [0.3, 0.4) is 0 Å². The van der Waals surface area contributed by atoms with Crippen molar-refractivity contribution in [2.24, 2.45) is 7.05 Å². The summed E-state index contributed by atoms with van der Waals surface area (Å²) in [7, 11) is 1.55. The molecule has 0 radical (unpaired) electrons. The molecule has 0 aliphatic carbocycles. The summed E-state index contributed by atoms with van der Waals surface area (Å²) in [5.74, 6) is 0.896. The van der Waals surface area contributed by atoms with Crippen LogP contribution in [0.15, 0.2) is 39.9 Å². The van der Waals surface area contributed by atoms with Gasteiger partial charge in [0.05, 0.1) is 0 Å². The fourth-order valence-electron chi connectivity index (χ4n) is 4.43. The maximum Gasteiger partial charge on any atom is 0.329 e. The zero-order valence-corrected chi connectivity index (χ0v) is 17.3. The van der Waals surface area contributed by atoms with E-state index in [1.807, 2.05) is 17.0 Å². The highest BCUT2D eigenvalue weighted by molar-refractivity contribution is 5.80. The first kappa shape index (κ1) is 19.3. The number of amides is 1. The second kappa shape index (κ2) is 7.57. The first-order valence-corrected chi connectivity index (χ1v) is 10.5. The highest BCUT2D eigenvalue weighted by atomic mass is 16.2. The Bertz CT molecular complexity index is 1360. The topological polar surface area (TPSA) is 120 Å². The maximum absolute atomic E-state index is 12.9. The molecule has 160 valence electrons. The van der Waals surface area contributed by atoms with Crippen LogP contribution in [0.4, 0.5) is 0 Å². The number of carbonyl (C=O) groups excluding carboxylic acids is 1. The van der Waals surface area contributed by atoms with Crippen molar-refractivity contribution in [2.75, 3.05) is 13.1 Å². The molecule has 3 aromatic heterocycles. The smallest absolute Gasteiger partial charge is 0.329 e. The van der Waals surface area contributed by atoms with Gasteiger partial charge in [0.25, 0.3) is 5.56 Å². The van der Waals surface area contributed by atoms with Crippen molar-refractivity contribution in [1.29, 1.82) is 0 Å². The normalized spacial score (nSPS) is 16.9. The number of hydrogen-bond donors (Lipinski definition) is 3. The molecule has 0 saturated carbocycles. The molecule has 1 atom stereocenters. The lowest BCUT2D eigenvalue weighted by Crippen LogP contribution is -2.39. The molecule has 1 aromatic carbocycles. The molecule has 1 amide bonds. The average molecular weight is 420 g/mol. The van der Waals surface area contributed by atoms with Gasteiger partial charge >= 0.3 is 5.69 Å². The SMILES string of the molecule is Cn1c(=O)[nH]c(=O)c2[nH]c(CCC(=O)N3CCCC(c4cc5ccccc5[nH]4)C3)nc21. The van der Waals surface area contributed by atoms with Gasteiger partial charge in [-0.1, -0.05) is 18.2 Å². The Morgan fingerprint density at radius 1 is 1.19 bits per heavy atom. The van der Waals surface area contributed by atoms with Gasteiger partial charge in [-0.05, 0) is 30.4 Å². The predicted octanol–water partition coefficient (Wildman–Crippen LogP) is 1.77. The Kier molecular flexibility index (Phi) is 4.72. The number of hydrogen-bond acceptors (Lipinski definition) is 4. The number of fused-ring (bicyclic) bond motifs is 2. The number of aromatic nitrogens is 5. The second-order valence-corrected chi connectivity index (χ2v) is 8.19. The van der Waals surface area contributed by atoms with Crippen molar-refractivity contribution >= 4 is 28.0 Å². The number of benzene rings is 1. The summed E-state index contributed by atoms with van der Waals surface area (Å²) in [6.45, 7) is 1.45. The van der Waals surface area contributed by atoms with Crippen LogP contribution < -0.4 is 11.2 Å². The molecule has 9 heteroatoms. The van der Waals surface area contributed by atoms with E-state index in [-0.39, 0.29) is 11.4 Å². The lowest BCUT2D eigenvalue weighted by molar-refractivity contribution is -0.132. The van der Waals surface area contributed by atoms with Gasteiger partial charge in [-0.2, -0.15) is 0 Å². The summed E-state index contributed by atoms with van der Waals surface area (Å²) in [6, 6.07) is 10.4. The zero-order valence-electron chi connectivity index (χ0n) is 17.3. The molecule has 4 aromatic rings. The molecule has 0 bridgehead atoms. The minimum atomic E-state index is -0.511. The molecule has 3 N–H and O–H groups in total. The Hall–Kier alpha value is -3.62. The van der Waals surface area contributed by atoms with Crippen LogP contribution in [-0.4, -0.2) is 48.4 Å². The molecular weight excluding hydrogens is 396 g/mol. The van der Waals surface area contributed by atoms with Gasteiger partial charge in [-0.15, -0.1) is 0 Å². The Morgan fingerprint density at radius 3 is 2.87 bits per heavy atom. The molecule has 5 rings (SSSR count). The summed E-state index contributed by atoms with van der Waals surface area (Å²) in [4.78, 5) is 51.5. The van der Waals surface area contributed by atoms with E-state index in [2.05, 4.69) is 38.1 Å². The number of para-hydroxylation sites is 1. The van der Waals surface area contributed by atoms with Crippen LogP contribution in [0.2, 0.25) is 0 Å². The highest BCUT2D eigenvalue weighted by Gasteiger charge is 2.26. The summed E-state index contributed by atoms with van der Waals surface area (Å²) in [5.41, 5.74) is 1.84. The molecule has 1 aliphatic heterocycles. The summed E-state index contributed by atoms with van der Waals surface area (Å²) < 4.78 is 1.29. The molecular formula is C22H24N6O3. The van der Waals surface area contributed by atoms with E-state index < -0.39 is 11.2 Å². The van der Waals surface area contributed by atoms with Gasteiger partial charge in [0, 0.05) is 50.1 Å². The summed E-state index contributed by atoms with van der Waals surface area (Å²) in [5, 5.41) is 1.19. The highest BCUT2D eigenvalue weighted by Crippen LogP contribution is 2.29. The number of nitrogens with one attached hydrogen (secondary N) is 3. The van der Waals surface area contributed by atoms with Gasteiger partial charge in [0.1, 0.15) is 11.3 Å². The van der Waals surface area contributed by atoms with Crippen molar-refractivity contribution in [3.63, 3.8) is 0 Å². The van der Waals surface area contributed by atoms with Crippen LogP contribution in [-0.2, 0) is 18.3 Å². The maximum atomic E-state index is 12.9. The Balaban J connectivity index is 1.27. The number of H-pyrrole nitrogens is 3. The molecule has 1 saturated heterocycles. The van der Waals surface area contributed by atoms with Gasteiger partial charge in [0.15, 0.2) is 5.65 Å². The first-order chi connectivity index (χ1) is 15.0. The predicted molar refractivity (Wildman–Crippen MR) is 117 cm³/mol. The van der Waals surface area contributed by atoms with E-state index >= 15 is 0 Å². The Morgan fingerprint density at radius 2 is 2.03 bits per heavy atom. The number of aryl methyl sites for hydroxylation is 2. The van der Waals surface area contributed by atoms with Crippen LogP contribution >= 0.6 is 0 Å². The van der Waals surface area contributed by atoms with Gasteiger partial charge in [-0.25, -0.2) is 9.78 Å². The minimum absolute atomic E-state index is 0.0732. The van der Waals surface area contributed by atoms with E-state index in [0.29, 0.717) is 36.8 Å². The van der Waals surface area contributed by atoms with Crippen LogP contribution in [0, 0.1) is 0 Å². The van der Waals surface area contributed by atoms with Crippen molar-refractivity contribution in [3.05, 3.63) is 62.7 Å². The van der Waals surface area contributed by atoms with E-state index in [1.54, 1.807) is 7.05 Å². The molecule has 0 spiro atoms. The fourth-order valence-corrected chi connectivity index (χ4v) is 4.43. The van der Waals surface area contributed by atoms with E-state index in [4.69, 9.17) is 0 Å². The molecule has 1 unspecified atom stereocenters. The number of imidazole rings is 1. The molecule has 31 heavy (non-hydrogen) atoms. The quantitative estimate of drug-likeness (QED) is 0.466. The number of nitrogens with zero attached hydrogens (tertiary/aromatic N) is 3. The number of rotatable bonds is 4. The van der Waals surface area contributed by atoms with Gasteiger partial charge < -0.3 is 14.9 Å². The van der Waals surface area contributed by atoms with Crippen LogP contribution in [0.5, 0.6) is 0 Å². The van der Waals surface area contributed by atoms with Crippen molar-refractivity contribution in [2.45, 2.75) is 31.6 Å². The van der Waals surface area contributed by atoms with Gasteiger partial charge in [0.2, 0.25) is 5.91 Å². The second-order valence-electron chi connectivity index (χ2n) is 8.19. The fraction of sp³-hybridized carbons (Fsp3) is 0.364. The third kappa shape index (κ3) is 3.56. The summed E-state index contributed by atoms with van der Waals surface area (Å²) in [6.07, 6.45) is 2.70. The van der Waals surface area contributed by atoms with Crippen molar-refractivity contribution in [1.82, 2.24) is 29.4 Å². The molecule has 9 nitrogen and oxygen atoms in total. The number of piperidine rings is 1. The lowest BCUT2D eigenvalue weighted by atomic mass is 9.94. The molecule has 4 heterocycles.